The summed E-state index contributed by atoms with van der Waals surface area (Å²) in [6.45, 7) is -0.0187. The third-order valence-corrected chi connectivity index (χ3v) is 0.984. The second kappa shape index (κ2) is 5.57. The SMILES string of the molecule is COCCOS(=O)(=O)O.N. The van der Waals surface area contributed by atoms with E-state index in [1.54, 1.807) is 0 Å². The molecule has 0 aromatic carbocycles. The van der Waals surface area contributed by atoms with Crippen molar-refractivity contribution in [3.63, 3.8) is 0 Å². The molecule has 10 heavy (non-hydrogen) atoms. The lowest BCUT2D eigenvalue weighted by molar-refractivity contribution is 0.141. The van der Waals surface area contributed by atoms with E-state index < -0.39 is 10.4 Å². The molecule has 0 bridgehead atoms. The molecule has 64 valence electrons. The molecule has 0 aliphatic heterocycles. The van der Waals surface area contributed by atoms with Crippen LogP contribution in [0, 0.1) is 0 Å². The summed E-state index contributed by atoms with van der Waals surface area (Å²) in [7, 11) is -2.88. The number of hydrogen-bond acceptors (Lipinski definition) is 5. The molecule has 0 heterocycles. The first kappa shape index (κ1) is 12.5. The van der Waals surface area contributed by atoms with Crippen molar-refractivity contribution < 1.29 is 21.9 Å². The largest absolute Gasteiger partial charge is 0.397 e. The van der Waals surface area contributed by atoms with Gasteiger partial charge in [-0.3, -0.25) is 4.55 Å². The Labute approximate surface area is 59.7 Å². The van der Waals surface area contributed by atoms with Crippen LogP contribution in [0.4, 0.5) is 0 Å². The van der Waals surface area contributed by atoms with Crippen LogP contribution < -0.4 is 6.15 Å². The average molecular weight is 173 g/mol. The molecule has 4 N–H and O–H groups in total. The maximum atomic E-state index is 9.78. The second-order valence-corrected chi connectivity index (χ2v) is 2.33. The van der Waals surface area contributed by atoms with Crippen molar-refractivity contribution in [3.8, 4) is 0 Å². The molecule has 7 heteroatoms. The highest BCUT2D eigenvalue weighted by atomic mass is 32.3. The first-order valence-electron chi connectivity index (χ1n) is 2.17. The minimum absolute atomic E-state index is 0. The maximum absolute atomic E-state index is 9.78. The van der Waals surface area contributed by atoms with Crippen LogP contribution in [0.5, 0.6) is 0 Å². The Balaban J connectivity index is 0. The van der Waals surface area contributed by atoms with Crippen molar-refractivity contribution in [1.82, 2.24) is 6.15 Å². The van der Waals surface area contributed by atoms with Gasteiger partial charge >= 0.3 is 10.4 Å². The maximum Gasteiger partial charge on any atom is 0.397 e. The molecule has 6 nitrogen and oxygen atoms in total. The van der Waals surface area contributed by atoms with E-state index >= 15 is 0 Å². The van der Waals surface area contributed by atoms with Crippen molar-refractivity contribution in [3.05, 3.63) is 0 Å². The Morgan fingerprint density at radius 1 is 1.40 bits per heavy atom. The van der Waals surface area contributed by atoms with Crippen LogP contribution >= 0.6 is 0 Å². The fourth-order valence-electron chi connectivity index (χ4n) is 0.223. The van der Waals surface area contributed by atoms with Crippen LogP contribution in [-0.2, 0) is 19.3 Å². The number of methoxy groups -OCH3 is 1. The molecule has 0 saturated carbocycles. The molecule has 0 aromatic heterocycles. The molecule has 0 fully saturated rings. The first-order chi connectivity index (χ1) is 4.06. The van der Waals surface area contributed by atoms with E-state index in [2.05, 4.69) is 8.92 Å². The minimum Gasteiger partial charge on any atom is -0.382 e. The van der Waals surface area contributed by atoms with Crippen LogP contribution in [-0.4, -0.2) is 33.3 Å². The van der Waals surface area contributed by atoms with E-state index in [0.717, 1.165) is 0 Å². The van der Waals surface area contributed by atoms with Crippen LogP contribution in [0.2, 0.25) is 0 Å². The van der Waals surface area contributed by atoms with Gasteiger partial charge in [0.15, 0.2) is 0 Å². The predicted octanol–water partition coefficient (Wildman–Crippen LogP) is -0.386. The van der Waals surface area contributed by atoms with E-state index in [-0.39, 0.29) is 19.4 Å². The van der Waals surface area contributed by atoms with Gasteiger partial charge in [-0.25, -0.2) is 4.18 Å². The van der Waals surface area contributed by atoms with Crippen LogP contribution in [0.1, 0.15) is 0 Å². The van der Waals surface area contributed by atoms with Gasteiger partial charge in [0.25, 0.3) is 0 Å². The summed E-state index contributed by atoms with van der Waals surface area (Å²) < 4.78 is 35.8. The summed E-state index contributed by atoms with van der Waals surface area (Å²) >= 11 is 0. The zero-order valence-electron chi connectivity index (χ0n) is 5.61. The third-order valence-electron chi connectivity index (χ3n) is 0.520. The Kier molecular flexibility index (Phi) is 6.94. The molecular weight excluding hydrogens is 162 g/mol. The van der Waals surface area contributed by atoms with Gasteiger partial charge in [0.05, 0.1) is 13.2 Å². The standard InChI is InChI=1S/C3H8O5S.H3N/c1-7-2-3-8-9(4,5)6;/h2-3H2,1H3,(H,4,5,6);1H3. The average Bonchev–Trinajstić information content (AvgIpc) is 1.63. The van der Waals surface area contributed by atoms with E-state index in [1.807, 2.05) is 0 Å². The van der Waals surface area contributed by atoms with Crippen molar-refractivity contribution >= 4 is 10.4 Å². The summed E-state index contributed by atoms with van der Waals surface area (Å²) in [5, 5.41) is 0. The number of ether oxygens (including phenoxy) is 1. The summed E-state index contributed by atoms with van der Waals surface area (Å²) in [5.41, 5.74) is 0. The summed E-state index contributed by atoms with van der Waals surface area (Å²) in [4.78, 5) is 0. The Morgan fingerprint density at radius 3 is 2.20 bits per heavy atom. The van der Waals surface area contributed by atoms with E-state index in [4.69, 9.17) is 4.55 Å². The molecule has 0 saturated heterocycles. The van der Waals surface area contributed by atoms with Crippen LogP contribution in [0.3, 0.4) is 0 Å². The van der Waals surface area contributed by atoms with Crippen molar-refractivity contribution in [2.24, 2.45) is 0 Å². The molecule has 0 unspecified atom stereocenters. The Hall–Kier alpha value is -0.210. The fraction of sp³-hybridized carbons (Fsp3) is 1.00. The van der Waals surface area contributed by atoms with E-state index in [9.17, 15) is 8.42 Å². The van der Waals surface area contributed by atoms with Gasteiger partial charge in [0, 0.05) is 7.11 Å². The highest BCUT2D eigenvalue weighted by Gasteiger charge is 2.01. The lowest BCUT2D eigenvalue weighted by Crippen LogP contribution is -2.08. The van der Waals surface area contributed by atoms with E-state index in [1.165, 1.54) is 7.11 Å². The zero-order chi connectivity index (χ0) is 7.33. The lowest BCUT2D eigenvalue weighted by atomic mass is 10.8. The van der Waals surface area contributed by atoms with Crippen molar-refractivity contribution in [2.45, 2.75) is 0 Å². The van der Waals surface area contributed by atoms with Gasteiger partial charge in [-0.05, 0) is 0 Å². The molecule has 0 rings (SSSR count). The molecule has 0 radical (unpaired) electrons. The molecule has 0 amide bonds. The highest BCUT2D eigenvalue weighted by molar-refractivity contribution is 7.80. The predicted molar refractivity (Wildman–Crippen MR) is 34.4 cm³/mol. The Morgan fingerprint density at radius 2 is 1.90 bits per heavy atom. The first-order valence-corrected chi connectivity index (χ1v) is 3.53. The molecular formula is C3H11NO5S. The van der Waals surface area contributed by atoms with Crippen LogP contribution in [0.15, 0.2) is 0 Å². The van der Waals surface area contributed by atoms with Gasteiger partial charge in [0.1, 0.15) is 0 Å². The normalized spacial score (nSPS) is 10.6. The number of rotatable bonds is 4. The third kappa shape index (κ3) is 10.7. The van der Waals surface area contributed by atoms with Gasteiger partial charge in [-0.1, -0.05) is 0 Å². The summed E-state index contributed by atoms with van der Waals surface area (Å²) in [5.74, 6) is 0. The topological polar surface area (TPSA) is 108 Å². The molecule has 0 atom stereocenters. The molecule has 0 aromatic rings. The summed E-state index contributed by atoms with van der Waals surface area (Å²) in [6.07, 6.45) is 0. The van der Waals surface area contributed by atoms with Gasteiger partial charge in [0.2, 0.25) is 0 Å². The molecule has 0 spiro atoms. The number of hydrogen-bond donors (Lipinski definition) is 2. The quantitative estimate of drug-likeness (QED) is 0.443. The fourth-order valence-corrected chi connectivity index (χ4v) is 0.501. The highest BCUT2D eigenvalue weighted by Crippen LogP contribution is 1.83. The molecule has 0 aliphatic rings. The Bertz CT molecular complexity index is 152. The lowest BCUT2D eigenvalue weighted by Gasteiger charge is -1.96. The van der Waals surface area contributed by atoms with Crippen molar-refractivity contribution in [2.75, 3.05) is 20.3 Å². The zero-order valence-corrected chi connectivity index (χ0v) is 6.43. The van der Waals surface area contributed by atoms with Crippen molar-refractivity contribution in [1.29, 1.82) is 0 Å². The van der Waals surface area contributed by atoms with E-state index in [0.29, 0.717) is 0 Å². The summed E-state index contributed by atoms with van der Waals surface area (Å²) in [6, 6.07) is 0. The molecule has 0 aliphatic carbocycles. The van der Waals surface area contributed by atoms with Gasteiger partial charge in [-0.15, -0.1) is 0 Å². The smallest absolute Gasteiger partial charge is 0.382 e. The minimum atomic E-state index is -4.28. The monoisotopic (exact) mass is 173 g/mol. The van der Waals surface area contributed by atoms with Gasteiger partial charge < -0.3 is 10.9 Å². The van der Waals surface area contributed by atoms with Crippen LogP contribution in [0.25, 0.3) is 0 Å². The second-order valence-electron chi connectivity index (χ2n) is 1.24. The van der Waals surface area contributed by atoms with Gasteiger partial charge in [-0.2, -0.15) is 8.42 Å².